The maximum atomic E-state index is 11.6. The lowest BCUT2D eigenvalue weighted by Crippen LogP contribution is -2.04. The Morgan fingerprint density at radius 2 is 2.12 bits per heavy atom. The van der Waals surface area contributed by atoms with Gasteiger partial charge in [-0.2, -0.15) is 0 Å². The van der Waals surface area contributed by atoms with Crippen molar-refractivity contribution in [1.82, 2.24) is 4.98 Å². The Labute approximate surface area is 107 Å². The minimum absolute atomic E-state index is 0.385. The van der Waals surface area contributed by atoms with Gasteiger partial charge >= 0.3 is 5.97 Å². The van der Waals surface area contributed by atoms with Crippen molar-refractivity contribution >= 4 is 32.8 Å². The summed E-state index contributed by atoms with van der Waals surface area (Å²) in [7, 11) is 2.84. The maximum Gasteiger partial charge on any atom is 0.341 e. The zero-order valence-corrected chi connectivity index (χ0v) is 10.9. The van der Waals surface area contributed by atoms with E-state index in [1.165, 1.54) is 14.2 Å². The lowest BCUT2D eigenvalue weighted by Gasteiger charge is -2.09. The standard InChI is InChI=1S/C12H10BrNO3/c1-16-11-6-10-7(9(13)3-4-14-10)5-8(11)12(15)17-2/h3-6H,1-2H3. The van der Waals surface area contributed by atoms with Crippen LogP contribution in [0.5, 0.6) is 5.75 Å². The summed E-state index contributed by atoms with van der Waals surface area (Å²) in [5.41, 5.74) is 1.14. The predicted octanol–water partition coefficient (Wildman–Crippen LogP) is 2.79. The average molecular weight is 296 g/mol. The normalized spacial score (nSPS) is 10.3. The molecule has 0 radical (unpaired) electrons. The molecule has 1 aromatic carbocycles. The first-order chi connectivity index (χ1) is 8.17. The smallest absolute Gasteiger partial charge is 0.341 e. The van der Waals surface area contributed by atoms with E-state index in [1.54, 1.807) is 18.3 Å². The van der Waals surface area contributed by atoms with Crippen molar-refractivity contribution in [2.75, 3.05) is 14.2 Å². The molecule has 5 heteroatoms. The molecular formula is C12H10BrNO3. The first kappa shape index (κ1) is 11.9. The lowest BCUT2D eigenvalue weighted by molar-refractivity contribution is 0.0597. The molecule has 0 saturated heterocycles. The molecule has 0 N–H and O–H groups in total. The molecule has 1 aromatic heterocycles. The van der Waals surface area contributed by atoms with Crippen LogP contribution in [0.3, 0.4) is 0 Å². The average Bonchev–Trinajstić information content (AvgIpc) is 2.37. The number of carbonyl (C=O) groups is 1. The zero-order chi connectivity index (χ0) is 12.4. The largest absolute Gasteiger partial charge is 0.496 e. The van der Waals surface area contributed by atoms with E-state index in [4.69, 9.17) is 9.47 Å². The third-order valence-corrected chi connectivity index (χ3v) is 3.11. The molecule has 0 aliphatic heterocycles. The third kappa shape index (κ3) is 2.10. The number of nitrogens with zero attached hydrogens (tertiary/aromatic N) is 1. The van der Waals surface area contributed by atoms with Gasteiger partial charge in [0.25, 0.3) is 0 Å². The number of ether oxygens (including phenoxy) is 2. The van der Waals surface area contributed by atoms with Crippen LogP contribution in [0, 0.1) is 0 Å². The highest BCUT2D eigenvalue weighted by Crippen LogP contribution is 2.29. The molecule has 2 rings (SSSR count). The van der Waals surface area contributed by atoms with Crippen LogP contribution in [-0.4, -0.2) is 25.2 Å². The molecule has 2 aromatic rings. The Morgan fingerprint density at radius 1 is 1.35 bits per heavy atom. The van der Waals surface area contributed by atoms with Crippen molar-refractivity contribution in [3.63, 3.8) is 0 Å². The SMILES string of the molecule is COC(=O)c1cc2c(Br)ccnc2cc1OC. The number of methoxy groups -OCH3 is 2. The molecule has 0 aliphatic carbocycles. The van der Waals surface area contributed by atoms with Gasteiger partial charge in [-0.05, 0) is 12.1 Å². The molecule has 0 aliphatic rings. The topological polar surface area (TPSA) is 48.4 Å². The van der Waals surface area contributed by atoms with Gasteiger partial charge < -0.3 is 9.47 Å². The first-order valence-electron chi connectivity index (χ1n) is 4.88. The fraction of sp³-hybridized carbons (Fsp3) is 0.167. The van der Waals surface area contributed by atoms with Gasteiger partial charge in [0.1, 0.15) is 11.3 Å². The van der Waals surface area contributed by atoms with Gasteiger partial charge in [-0.3, -0.25) is 4.98 Å². The van der Waals surface area contributed by atoms with Crippen LogP contribution < -0.4 is 4.74 Å². The Morgan fingerprint density at radius 3 is 2.76 bits per heavy atom. The van der Waals surface area contributed by atoms with Crippen LogP contribution in [0.25, 0.3) is 10.9 Å². The van der Waals surface area contributed by atoms with Gasteiger partial charge in [-0.15, -0.1) is 0 Å². The van der Waals surface area contributed by atoms with E-state index in [2.05, 4.69) is 20.9 Å². The first-order valence-corrected chi connectivity index (χ1v) is 5.67. The summed E-state index contributed by atoms with van der Waals surface area (Å²) in [6.45, 7) is 0. The number of carbonyl (C=O) groups excluding carboxylic acids is 1. The predicted molar refractivity (Wildman–Crippen MR) is 67.3 cm³/mol. The second-order valence-corrected chi connectivity index (χ2v) is 4.21. The Hall–Kier alpha value is -1.62. The van der Waals surface area contributed by atoms with E-state index in [0.717, 1.165) is 15.4 Å². The van der Waals surface area contributed by atoms with E-state index in [-0.39, 0.29) is 0 Å². The van der Waals surface area contributed by atoms with Crippen molar-refractivity contribution in [1.29, 1.82) is 0 Å². The number of esters is 1. The lowest BCUT2D eigenvalue weighted by atomic mass is 10.1. The van der Waals surface area contributed by atoms with Crippen LogP contribution in [0.15, 0.2) is 28.9 Å². The van der Waals surface area contributed by atoms with Gasteiger partial charge in [0.2, 0.25) is 0 Å². The van der Waals surface area contributed by atoms with Crippen LogP contribution in [-0.2, 0) is 4.74 Å². The molecule has 0 spiro atoms. The number of pyridine rings is 1. The molecule has 88 valence electrons. The molecule has 0 amide bonds. The number of rotatable bonds is 2. The highest BCUT2D eigenvalue weighted by molar-refractivity contribution is 9.10. The van der Waals surface area contributed by atoms with E-state index >= 15 is 0 Å². The minimum Gasteiger partial charge on any atom is -0.496 e. The molecule has 0 unspecified atom stereocenters. The number of hydrogen-bond acceptors (Lipinski definition) is 4. The van der Waals surface area contributed by atoms with Crippen LogP contribution in [0.1, 0.15) is 10.4 Å². The van der Waals surface area contributed by atoms with Crippen molar-refractivity contribution in [3.05, 3.63) is 34.4 Å². The van der Waals surface area contributed by atoms with Gasteiger partial charge in [0.05, 0.1) is 19.7 Å². The summed E-state index contributed by atoms with van der Waals surface area (Å²) in [5, 5.41) is 0.841. The van der Waals surface area contributed by atoms with Gasteiger partial charge in [0, 0.05) is 22.1 Å². The number of aromatic nitrogens is 1. The summed E-state index contributed by atoms with van der Waals surface area (Å²) >= 11 is 3.42. The zero-order valence-electron chi connectivity index (χ0n) is 9.36. The fourth-order valence-electron chi connectivity index (χ4n) is 1.58. The van der Waals surface area contributed by atoms with Gasteiger partial charge in [-0.1, -0.05) is 15.9 Å². The Balaban J connectivity index is 2.74. The molecule has 17 heavy (non-hydrogen) atoms. The molecule has 0 fully saturated rings. The van der Waals surface area contributed by atoms with E-state index < -0.39 is 5.97 Å². The Kier molecular flexibility index (Phi) is 3.28. The van der Waals surface area contributed by atoms with Crippen molar-refractivity contribution in [3.8, 4) is 5.75 Å². The van der Waals surface area contributed by atoms with E-state index in [9.17, 15) is 4.79 Å². The molecular weight excluding hydrogens is 286 g/mol. The Bertz CT molecular complexity index is 583. The maximum absolute atomic E-state index is 11.6. The molecule has 1 heterocycles. The second-order valence-electron chi connectivity index (χ2n) is 3.35. The number of halogens is 1. The molecule has 4 nitrogen and oxygen atoms in total. The van der Waals surface area contributed by atoms with Crippen molar-refractivity contribution in [2.45, 2.75) is 0 Å². The quantitative estimate of drug-likeness (QED) is 0.800. The fourth-order valence-corrected chi connectivity index (χ4v) is 2.01. The summed E-state index contributed by atoms with van der Waals surface area (Å²) < 4.78 is 10.7. The summed E-state index contributed by atoms with van der Waals surface area (Å²) in [4.78, 5) is 15.8. The summed E-state index contributed by atoms with van der Waals surface area (Å²) in [6, 6.07) is 5.24. The van der Waals surface area contributed by atoms with Gasteiger partial charge in [0.15, 0.2) is 0 Å². The number of fused-ring (bicyclic) bond motifs is 1. The number of hydrogen-bond donors (Lipinski definition) is 0. The van der Waals surface area contributed by atoms with Crippen molar-refractivity contribution in [2.24, 2.45) is 0 Å². The highest BCUT2D eigenvalue weighted by Gasteiger charge is 2.15. The minimum atomic E-state index is -0.431. The van der Waals surface area contributed by atoms with E-state index in [1.807, 2.05) is 6.07 Å². The third-order valence-electron chi connectivity index (χ3n) is 2.41. The van der Waals surface area contributed by atoms with Gasteiger partial charge in [-0.25, -0.2) is 4.79 Å². The summed E-state index contributed by atoms with van der Waals surface area (Å²) in [5.74, 6) is 0.0226. The van der Waals surface area contributed by atoms with Crippen LogP contribution in [0.4, 0.5) is 0 Å². The highest BCUT2D eigenvalue weighted by atomic mass is 79.9. The number of benzene rings is 1. The monoisotopic (exact) mass is 295 g/mol. The molecule has 0 bridgehead atoms. The van der Waals surface area contributed by atoms with Crippen LogP contribution >= 0.6 is 15.9 Å². The van der Waals surface area contributed by atoms with Crippen molar-refractivity contribution < 1.29 is 14.3 Å². The second kappa shape index (κ2) is 4.71. The molecule has 0 saturated carbocycles. The van der Waals surface area contributed by atoms with Crippen LogP contribution in [0.2, 0.25) is 0 Å². The van der Waals surface area contributed by atoms with E-state index in [0.29, 0.717) is 11.3 Å². The molecule has 0 atom stereocenters. The summed E-state index contributed by atoms with van der Waals surface area (Å²) in [6.07, 6.45) is 1.68.